The minimum Gasteiger partial charge on any atom is -0.372 e. The molecule has 0 N–H and O–H groups in total. The highest BCUT2D eigenvalue weighted by molar-refractivity contribution is 5.25. The zero-order valence-electron chi connectivity index (χ0n) is 15.6. The average molecular weight is 352 g/mol. The first-order chi connectivity index (χ1) is 12.7. The third-order valence-electron chi connectivity index (χ3n) is 5.83. The molecule has 0 saturated carbocycles. The van der Waals surface area contributed by atoms with Crippen molar-refractivity contribution in [3.8, 4) is 0 Å². The topological polar surface area (TPSA) is 34.6 Å². The first-order valence-electron chi connectivity index (χ1n) is 9.64. The maximum absolute atomic E-state index is 6.24. The van der Waals surface area contributed by atoms with Gasteiger partial charge in [0.05, 0.1) is 24.9 Å². The Morgan fingerprint density at radius 2 is 1.92 bits per heavy atom. The minimum absolute atomic E-state index is 0.0329. The second-order valence-electron chi connectivity index (χ2n) is 7.69. The summed E-state index contributed by atoms with van der Waals surface area (Å²) in [5, 5.41) is 0. The Labute approximate surface area is 156 Å². The Bertz CT molecular complexity index is 711. The van der Waals surface area contributed by atoms with E-state index in [-0.39, 0.29) is 11.7 Å². The lowest BCUT2D eigenvalue weighted by Gasteiger charge is -2.38. The standard InChI is InChI=1S/C22H28N2O2/c1-18-4-2-3-5-20(18)15-24-12-8-22(9-13-24)14-21(17-26-22)25-16-19-6-10-23-11-7-19/h2-7,10-11,21H,8-9,12-17H2,1H3/t21-/m0/s1. The van der Waals surface area contributed by atoms with Gasteiger partial charge in [0.25, 0.3) is 0 Å². The fourth-order valence-corrected chi connectivity index (χ4v) is 4.10. The molecule has 0 radical (unpaired) electrons. The van der Waals surface area contributed by atoms with Crippen molar-refractivity contribution in [3.05, 3.63) is 65.5 Å². The normalized spacial score (nSPS) is 22.7. The fourth-order valence-electron chi connectivity index (χ4n) is 4.10. The molecule has 1 atom stereocenters. The van der Waals surface area contributed by atoms with Crippen LogP contribution in [0.5, 0.6) is 0 Å². The molecule has 2 fully saturated rings. The van der Waals surface area contributed by atoms with Crippen molar-refractivity contribution >= 4 is 0 Å². The number of benzene rings is 1. The summed E-state index contributed by atoms with van der Waals surface area (Å²) in [4.78, 5) is 6.61. The molecule has 1 aromatic carbocycles. The Kier molecular flexibility index (Phi) is 5.34. The van der Waals surface area contributed by atoms with Crippen LogP contribution in [0.4, 0.5) is 0 Å². The lowest BCUT2D eigenvalue weighted by Crippen LogP contribution is -2.44. The molecule has 3 heterocycles. The van der Waals surface area contributed by atoms with E-state index in [0.717, 1.165) is 45.5 Å². The van der Waals surface area contributed by atoms with Crippen LogP contribution in [0.25, 0.3) is 0 Å². The summed E-state index contributed by atoms with van der Waals surface area (Å²) >= 11 is 0. The maximum atomic E-state index is 6.24. The molecule has 1 spiro atoms. The predicted molar refractivity (Wildman–Crippen MR) is 102 cm³/mol. The average Bonchev–Trinajstić information content (AvgIpc) is 3.08. The molecular weight excluding hydrogens is 324 g/mol. The number of piperidine rings is 1. The number of aromatic nitrogens is 1. The second-order valence-corrected chi connectivity index (χ2v) is 7.69. The van der Waals surface area contributed by atoms with Crippen LogP contribution in [0.1, 0.15) is 36.0 Å². The summed E-state index contributed by atoms with van der Waals surface area (Å²) in [6.45, 7) is 6.82. The summed E-state index contributed by atoms with van der Waals surface area (Å²) in [7, 11) is 0. The summed E-state index contributed by atoms with van der Waals surface area (Å²) in [5.74, 6) is 0. The second kappa shape index (κ2) is 7.87. The molecule has 2 aliphatic rings. The predicted octanol–water partition coefficient (Wildman–Crippen LogP) is 3.73. The zero-order valence-corrected chi connectivity index (χ0v) is 15.6. The van der Waals surface area contributed by atoms with E-state index in [1.54, 1.807) is 0 Å². The van der Waals surface area contributed by atoms with Crippen molar-refractivity contribution < 1.29 is 9.47 Å². The Hall–Kier alpha value is -1.75. The first kappa shape index (κ1) is 17.7. The third-order valence-corrected chi connectivity index (χ3v) is 5.83. The van der Waals surface area contributed by atoms with Gasteiger partial charge < -0.3 is 9.47 Å². The van der Waals surface area contributed by atoms with Gasteiger partial charge in [0.15, 0.2) is 0 Å². The van der Waals surface area contributed by atoms with Crippen LogP contribution in [-0.2, 0) is 22.6 Å². The van der Waals surface area contributed by atoms with Crippen molar-refractivity contribution in [2.45, 2.75) is 51.0 Å². The Morgan fingerprint density at radius 1 is 1.15 bits per heavy atom. The SMILES string of the molecule is Cc1ccccc1CN1CCC2(CC1)C[C@H](OCc1ccncc1)CO2. The van der Waals surface area contributed by atoms with Gasteiger partial charge in [-0.2, -0.15) is 0 Å². The number of ether oxygens (including phenoxy) is 2. The summed E-state index contributed by atoms with van der Waals surface area (Å²) in [6, 6.07) is 12.7. The number of nitrogens with zero attached hydrogens (tertiary/aromatic N) is 2. The molecule has 0 amide bonds. The van der Waals surface area contributed by atoms with E-state index < -0.39 is 0 Å². The quantitative estimate of drug-likeness (QED) is 0.821. The molecule has 26 heavy (non-hydrogen) atoms. The molecule has 4 nitrogen and oxygen atoms in total. The number of aryl methyl sites for hydroxylation is 1. The minimum atomic E-state index is 0.0329. The zero-order chi connectivity index (χ0) is 17.8. The number of pyridine rings is 1. The van der Waals surface area contributed by atoms with Gasteiger partial charge in [-0.05, 0) is 48.6 Å². The molecule has 0 unspecified atom stereocenters. The summed E-state index contributed by atoms with van der Waals surface area (Å²) < 4.78 is 12.3. The highest BCUT2D eigenvalue weighted by atomic mass is 16.6. The van der Waals surface area contributed by atoms with E-state index in [1.807, 2.05) is 24.5 Å². The smallest absolute Gasteiger partial charge is 0.0840 e. The van der Waals surface area contributed by atoms with E-state index >= 15 is 0 Å². The van der Waals surface area contributed by atoms with Gasteiger partial charge in [-0.3, -0.25) is 9.88 Å². The fraction of sp³-hybridized carbons (Fsp3) is 0.500. The van der Waals surface area contributed by atoms with E-state index in [1.165, 1.54) is 16.7 Å². The van der Waals surface area contributed by atoms with Crippen LogP contribution in [-0.4, -0.2) is 41.3 Å². The lowest BCUT2D eigenvalue weighted by molar-refractivity contribution is -0.0468. The molecule has 1 aromatic heterocycles. The largest absolute Gasteiger partial charge is 0.372 e. The van der Waals surface area contributed by atoms with Crippen molar-refractivity contribution in [1.29, 1.82) is 0 Å². The van der Waals surface area contributed by atoms with E-state index in [4.69, 9.17) is 9.47 Å². The number of hydrogen-bond donors (Lipinski definition) is 0. The van der Waals surface area contributed by atoms with Crippen LogP contribution in [0.2, 0.25) is 0 Å². The molecule has 4 heteroatoms. The van der Waals surface area contributed by atoms with Gasteiger partial charge in [0, 0.05) is 38.4 Å². The molecule has 2 aliphatic heterocycles. The van der Waals surface area contributed by atoms with Crippen molar-refractivity contribution in [2.24, 2.45) is 0 Å². The molecule has 2 aromatic rings. The van der Waals surface area contributed by atoms with Gasteiger partial charge in [0.1, 0.15) is 0 Å². The van der Waals surface area contributed by atoms with Gasteiger partial charge in [0.2, 0.25) is 0 Å². The van der Waals surface area contributed by atoms with Crippen molar-refractivity contribution in [3.63, 3.8) is 0 Å². The highest BCUT2D eigenvalue weighted by Gasteiger charge is 2.43. The first-order valence-corrected chi connectivity index (χ1v) is 9.64. The van der Waals surface area contributed by atoms with Gasteiger partial charge in [-0.25, -0.2) is 0 Å². The van der Waals surface area contributed by atoms with E-state index in [9.17, 15) is 0 Å². The molecular formula is C22H28N2O2. The van der Waals surface area contributed by atoms with Crippen molar-refractivity contribution in [2.75, 3.05) is 19.7 Å². The van der Waals surface area contributed by atoms with E-state index in [2.05, 4.69) is 41.1 Å². The van der Waals surface area contributed by atoms with Crippen LogP contribution < -0.4 is 0 Å². The molecule has 0 aliphatic carbocycles. The molecule has 138 valence electrons. The summed E-state index contributed by atoms with van der Waals surface area (Å²) in [5.41, 5.74) is 4.03. The Balaban J connectivity index is 1.26. The monoisotopic (exact) mass is 352 g/mol. The maximum Gasteiger partial charge on any atom is 0.0840 e. The highest BCUT2D eigenvalue weighted by Crippen LogP contribution is 2.37. The van der Waals surface area contributed by atoms with Gasteiger partial charge in [-0.1, -0.05) is 24.3 Å². The molecule has 4 rings (SSSR count). The Morgan fingerprint density at radius 3 is 2.69 bits per heavy atom. The van der Waals surface area contributed by atoms with Crippen LogP contribution in [0.3, 0.4) is 0 Å². The van der Waals surface area contributed by atoms with Gasteiger partial charge >= 0.3 is 0 Å². The number of rotatable bonds is 5. The number of likely N-dealkylation sites (tertiary alicyclic amines) is 1. The van der Waals surface area contributed by atoms with Gasteiger partial charge in [-0.15, -0.1) is 0 Å². The molecule has 0 bridgehead atoms. The third kappa shape index (κ3) is 4.14. The summed E-state index contributed by atoms with van der Waals surface area (Å²) in [6.07, 6.45) is 7.08. The van der Waals surface area contributed by atoms with E-state index in [0.29, 0.717) is 6.61 Å². The van der Waals surface area contributed by atoms with Crippen LogP contribution in [0, 0.1) is 6.92 Å². The lowest BCUT2D eigenvalue weighted by atomic mass is 9.87. The van der Waals surface area contributed by atoms with Crippen molar-refractivity contribution in [1.82, 2.24) is 9.88 Å². The van der Waals surface area contributed by atoms with Crippen LogP contribution in [0.15, 0.2) is 48.8 Å². The molecule has 2 saturated heterocycles. The number of hydrogen-bond acceptors (Lipinski definition) is 4. The van der Waals surface area contributed by atoms with Crippen LogP contribution >= 0.6 is 0 Å².